The highest BCUT2D eigenvalue weighted by Crippen LogP contribution is 1.97. The van der Waals surface area contributed by atoms with E-state index in [1.165, 1.54) is 11.1 Å². The van der Waals surface area contributed by atoms with E-state index in [1.807, 2.05) is 54.6 Å². The first-order valence-electron chi connectivity index (χ1n) is 5.47. The van der Waals surface area contributed by atoms with Crippen LogP contribution in [-0.4, -0.2) is 6.08 Å². The van der Waals surface area contributed by atoms with Crippen LogP contribution in [0, 0.1) is 12.3 Å². The number of benzene rings is 2. The zero-order valence-corrected chi connectivity index (χ0v) is 10.5. The second-order valence-corrected chi connectivity index (χ2v) is 3.37. The molecular weight excluding hydrogens is 222 g/mol. The SMILES string of the molecule is C=Cc1ccccc1.Cc1ccccc1.N=C=O. The van der Waals surface area contributed by atoms with Gasteiger partial charge in [0, 0.05) is 0 Å². The zero-order valence-electron chi connectivity index (χ0n) is 10.5. The van der Waals surface area contributed by atoms with Gasteiger partial charge in [-0.2, -0.15) is 0 Å². The van der Waals surface area contributed by atoms with Crippen molar-refractivity contribution in [1.82, 2.24) is 0 Å². The second kappa shape index (κ2) is 11.1. The number of hydrogen-bond donors (Lipinski definition) is 1. The monoisotopic (exact) mass is 239 g/mol. The van der Waals surface area contributed by atoms with Gasteiger partial charge >= 0.3 is 0 Å². The first-order valence-corrected chi connectivity index (χ1v) is 5.47. The summed E-state index contributed by atoms with van der Waals surface area (Å²) in [4.78, 5) is 8.35. The lowest BCUT2D eigenvalue weighted by Crippen LogP contribution is -1.63. The van der Waals surface area contributed by atoms with Crippen molar-refractivity contribution >= 4 is 12.2 Å². The third-order valence-electron chi connectivity index (χ3n) is 1.98. The molecule has 2 heteroatoms. The summed E-state index contributed by atoms with van der Waals surface area (Å²) in [5, 5.41) is 5.40. The highest BCUT2D eigenvalue weighted by Gasteiger charge is 1.75. The Morgan fingerprint density at radius 3 is 1.61 bits per heavy atom. The Labute approximate surface area is 108 Å². The molecule has 0 aliphatic rings. The van der Waals surface area contributed by atoms with Crippen LogP contribution in [0.15, 0.2) is 67.2 Å². The van der Waals surface area contributed by atoms with Gasteiger partial charge in [-0.1, -0.05) is 78.9 Å². The molecule has 0 saturated carbocycles. The quantitative estimate of drug-likeness (QED) is 0.587. The van der Waals surface area contributed by atoms with Gasteiger partial charge < -0.3 is 0 Å². The van der Waals surface area contributed by atoms with Crippen LogP contribution < -0.4 is 0 Å². The first-order chi connectivity index (χ1) is 8.74. The molecule has 0 fully saturated rings. The number of aryl methyl sites for hydroxylation is 1. The predicted molar refractivity (Wildman–Crippen MR) is 76.1 cm³/mol. The lowest BCUT2D eigenvalue weighted by atomic mass is 10.2. The van der Waals surface area contributed by atoms with Crippen molar-refractivity contribution in [2.24, 2.45) is 0 Å². The van der Waals surface area contributed by atoms with Crippen LogP contribution in [0.2, 0.25) is 0 Å². The summed E-state index contributed by atoms with van der Waals surface area (Å²) >= 11 is 0. The number of isocyanates is 1. The highest BCUT2D eigenvalue weighted by molar-refractivity contribution is 5.45. The Morgan fingerprint density at radius 1 is 1.00 bits per heavy atom. The van der Waals surface area contributed by atoms with Crippen LogP contribution in [-0.2, 0) is 4.79 Å². The Bertz CT molecular complexity index is 457. The lowest BCUT2D eigenvalue weighted by molar-refractivity contribution is 0.563. The van der Waals surface area contributed by atoms with Gasteiger partial charge in [0.15, 0.2) is 0 Å². The molecule has 2 rings (SSSR count). The van der Waals surface area contributed by atoms with Crippen molar-refractivity contribution in [1.29, 1.82) is 5.41 Å². The Kier molecular flexibility index (Phi) is 9.56. The fraction of sp³-hybridized carbons (Fsp3) is 0.0625. The first kappa shape index (κ1) is 15.6. The summed E-state index contributed by atoms with van der Waals surface area (Å²) in [6.45, 7) is 5.71. The van der Waals surface area contributed by atoms with Gasteiger partial charge in [0.2, 0.25) is 6.08 Å². The zero-order chi connectivity index (χ0) is 13.6. The number of rotatable bonds is 1. The molecular formula is C16H17NO. The maximum absolute atomic E-state index is 8.35. The van der Waals surface area contributed by atoms with Crippen LogP contribution in [0.1, 0.15) is 11.1 Å². The normalized spacial score (nSPS) is 7.61. The summed E-state index contributed by atoms with van der Waals surface area (Å²) in [5.41, 5.74) is 2.50. The molecule has 0 radical (unpaired) electrons. The Balaban J connectivity index is 0.000000267. The number of nitrogens with one attached hydrogen (secondary N) is 1. The predicted octanol–water partition coefficient (Wildman–Crippen LogP) is 4.23. The molecule has 0 unspecified atom stereocenters. The van der Waals surface area contributed by atoms with Crippen LogP contribution in [0.25, 0.3) is 6.08 Å². The molecule has 0 aromatic heterocycles. The largest absolute Gasteiger partial charge is 0.231 e. The molecule has 0 spiro atoms. The minimum atomic E-state index is 0.750. The Morgan fingerprint density at radius 2 is 1.39 bits per heavy atom. The van der Waals surface area contributed by atoms with Gasteiger partial charge in [-0.15, -0.1) is 0 Å². The smallest absolute Gasteiger partial charge is 0.222 e. The molecule has 0 bridgehead atoms. The van der Waals surface area contributed by atoms with Crippen molar-refractivity contribution in [3.63, 3.8) is 0 Å². The van der Waals surface area contributed by atoms with Gasteiger partial charge in [0.05, 0.1) is 0 Å². The maximum atomic E-state index is 8.35. The van der Waals surface area contributed by atoms with Crippen LogP contribution in [0.3, 0.4) is 0 Å². The van der Waals surface area contributed by atoms with E-state index in [0.29, 0.717) is 0 Å². The number of hydrogen-bond acceptors (Lipinski definition) is 2. The molecule has 0 heterocycles. The van der Waals surface area contributed by atoms with Crippen molar-refractivity contribution in [2.45, 2.75) is 6.92 Å². The van der Waals surface area contributed by atoms with E-state index in [-0.39, 0.29) is 0 Å². The average Bonchev–Trinajstić information content (AvgIpc) is 2.42. The Hall–Kier alpha value is -2.44. The molecule has 0 aliphatic heterocycles. The minimum Gasteiger partial charge on any atom is -0.222 e. The maximum Gasteiger partial charge on any atom is 0.231 e. The molecule has 0 atom stereocenters. The summed E-state index contributed by atoms with van der Waals surface area (Å²) in [5.74, 6) is 0. The molecule has 18 heavy (non-hydrogen) atoms. The molecule has 0 aliphatic carbocycles. The minimum absolute atomic E-state index is 0.750. The summed E-state index contributed by atoms with van der Waals surface area (Å²) < 4.78 is 0. The van der Waals surface area contributed by atoms with Crippen molar-refractivity contribution in [2.75, 3.05) is 0 Å². The fourth-order valence-electron chi connectivity index (χ4n) is 1.12. The molecule has 0 amide bonds. The summed E-state index contributed by atoms with van der Waals surface area (Å²) in [7, 11) is 0. The van der Waals surface area contributed by atoms with Crippen LogP contribution in [0.4, 0.5) is 0 Å². The number of carbonyl (C=O) groups excluding carboxylic acids is 1. The molecule has 0 saturated heterocycles. The van der Waals surface area contributed by atoms with Gasteiger partial charge in [-0.25, -0.2) is 10.2 Å². The second-order valence-electron chi connectivity index (χ2n) is 3.37. The van der Waals surface area contributed by atoms with Crippen molar-refractivity contribution < 1.29 is 4.79 Å². The van der Waals surface area contributed by atoms with Crippen molar-refractivity contribution in [3.05, 3.63) is 78.4 Å². The van der Waals surface area contributed by atoms with E-state index in [1.54, 1.807) is 0 Å². The van der Waals surface area contributed by atoms with E-state index in [4.69, 9.17) is 10.2 Å². The molecule has 1 N–H and O–H groups in total. The van der Waals surface area contributed by atoms with Gasteiger partial charge in [-0.3, -0.25) is 0 Å². The van der Waals surface area contributed by atoms with E-state index < -0.39 is 0 Å². The van der Waals surface area contributed by atoms with E-state index in [2.05, 4.69) is 25.6 Å². The molecule has 92 valence electrons. The molecule has 2 nitrogen and oxygen atoms in total. The fourth-order valence-corrected chi connectivity index (χ4v) is 1.12. The van der Waals surface area contributed by atoms with E-state index in [0.717, 1.165) is 6.08 Å². The average molecular weight is 239 g/mol. The van der Waals surface area contributed by atoms with Gasteiger partial charge in [0.1, 0.15) is 0 Å². The summed E-state index contributed by atoms with van der Waals surface area (Å²) in [6, 6.07) is 20.3. The molecule has 2 aromatic carbocycles. The van der Waals surface area contributed by atoms with E-state index in [9.17, 15) is 0 Å². The highest BCUT2D eigenvalue weighted by atomic mass is 16.1. The molecule has 2 aromatic rings. The van der Waals surface area contributed by atoms with Crippen molar-refractivity contribution in [3.8, 4) is 0 Å². The standard InChI is InChI=1S/C8H8.C7H8.CHNO/c1-2-8-6-4-3-5-7-8;1-7-5-3-2-4-6-7;2-1-3/h2-7H,1H2;2-6H,1H3;2H. The third kappa shape index (κ3) is 8.84. The van der Waals surface area contributed by atoms with Gasteiger partial charge in [-0.05, 0) is 12.5 Å². The third-order valence-corrected chi connectivity index (χ3v) is 1.98. The van der Waals surface area contributed by atoms with E-state index >= 15 is 0 Å². The summed E-state index contributed by atoms with van der Waals surface area (Å²) in [6.07, 6.45) is 2.58. The lowest BCUT2D eigenvalue weighted by Gasteiger charge is -1.85. The van der Waals surface area contributed by atoms with Crippen LogP contribution >= 0.6 is 0 Å². The van der Waals surface area contributed by atoms with Gasteiger partial charge in [0.25, 0.3) is 0 Å². The van der Waals surface area contributed by atoms with Crippen LogP contribution in [0.5, 0.6) is 0 Å². The topological polar surface area (TPSA) is 40.9 Å².